The molecule has 0 bridgehead atoms. The fourth-order valence-electron chi connectivity index (χ4n) is 1.93. The van der Waals surface area contributed by atoms with Gasteiger partial charge in [0, 0.05) is 17.4 Å². The van der Waals surface area contributed by atoms with Gasteiger partial charge in [0.2, 0.25) is 5.91 Å². The van der Waals surface area contributed by atoms with Gasteiger partial charge in [0.1, 0.15) is 5.75 Å². The summed E-state index contributed by atoms with van der Waals surface area (Å²) in [6.07, 6.45) is 2.68. The Morgan fingerprint density at radius 1 is 1.38 bits per heavy atom. The number of methoxy groups -OCH3 is 1. The molecule has 0 aliphatic carbocycles. The third-order valence-corrected chi connectivity index (χ3v) is 3.25. The van der Waals surface area contributed by atoms with Gasteiger partial charge in [0.15, 0.2) is 0 Å². The summed E-state index contributed by atoms with van der Waals surface area (Å²) in [6.45, 7) is 0.783. The standard InChI is InChI=1S/C12H14BrNO2/c1-16-11-6-5-9(13)8-10(11)14-7-3-2-4-12(14)15/h5-6,8H,2-4,7H2,1H3. The van der Waals surface area contributed by atoms with E-state index in [1.807, 2.05) is 23.1 Å². The average molecular weight is 284 g/mol. The Morgan fingerprint density at radius 3 is 2.88 bits per heavy atom. The molecule has 1 fully saturated rings. The number of halogens is 1. The normalized spacial score (nSPS) is 16.4. The first-order valence-corrected chi connectivity index (χ1v) is 6.15. The van der Waals surface area contributed by atoms with Crippen LogP contribution in [0, 0.1) is 0 Å². The van der Waals surface area contributed by atoms with Crippen LogP contribution in [0.1, 0.15) is 19.3 Å². The zero-order valence-electron chi connectivity index (χ0n) is 9.20. The van der Waals surface area contributed by atoms with Crippen molar-refractivity contribution >= 4 is 27.5 Å². The van der Waals surface area contributed by atoms with E-state index in [4.69, 9.17) is 4.74 Å². The zero-order valence-corrected chi connectivity index (χ0v) is 10.8. The van der Waals surface area contributed by atoms with Crippen molar-refractivity contribution in [3.63, 3.8) is 0 Å². The van der Waals surface area contributed by atoms with E-state index in [1.54, 1.807) is 7.11 Å². The minimum Gasteiger partial charge on any atom is -0.495 e. The van der Waals surface area contributed by atoms with Crippen molar-refractivity contribution in [3.05, 3.63) is 22.7 Å². The third-order valence-electron chi connectivity index (χ3n) is 2.76. The molecule has 0 N–H and O–H groups in total. The summed E-state index contributed by atoms with van der Waals surface area (Å²) in [4.78, 5) is 13.6. The summed E-state index contributed by atoms with van der Waals surface area (Å²) >= 11 is 3.42. The minimum absolute atomic E-state index is 0.183. The highest BCUT2D eigenvalue weighted by Crippen LogP contribution is 2.33. The molecule has 0 radical (unpaired) electrons. The fourth-order valence-corrected chi connectivity index (χ4v) is 2.28. The largest absolute Gasteiger partial charge is 0.495 e. The molecule has 2 rings (SSSR count). The SMILES string of the molecule is COc1ccc(Br)cc1N1CCCCC1=O. The maximum atomic E-state index is 11.8. The Kier molecular flexibility index (Phi) is 3.49. The molecule has 86 valence electrons. The Morgan fingerprint density at radius 2 is 2.19 bits per heavy atom. The summed E-state index contributed by atoms with van der Waals surface area (Å²) in [7, 11) is 1.63. The molecular weight excluding hydrogens is 270 g/mol. The fraction of sp³-hybridized carbons (Fsp3) is 0.417. The molecule has 0 unspecified atom stereocenters. The number of carbonyl (C=O) groups is 1. The topological polar surface area (TPSA) is 29.5 Å². The van der Waals surface area contributed by atoms with Gasteiger partial charge in [0.05, 0.1) is 12.8 Å². The Bertz CT molecular complexity index is 406. The molecule has 3 nitrogen and oxygen atoms in total. The Labute approximate surface area is 104 Å². The van der Waals surface area contributed by atoms with Crippen molar-refractivity contribution in [1.82, 2.24) is 0 Å². The lowest BCUT2D eigenvalue weighted by atomic mass is 10.1. The van der Waals surface area contributed by atoms with Crippen LogP contribution in [-0.4, -0.2) is 19.6 Å². The van der Waals surface area contributed by atoms with Gasteiger partial charge in [-0.1, -0.05) is 15.9 Å². The van der Waals surface area contributed by atoms with Gasteiger partial charge in [-0.2, -0.15) is 0 Å². The number of benzene rings is 1. The van der Waals surface area contributed by atoms with E-state index in [1.165, 1.54) is 0 Å². The van der Waals surface area contributed by atoms with E-state index in [0.29, 0.717) is 6.42 Å². The van der Waals surface area contributed by atoms with Crippen LogP contribution < -0.4 is 9.64 Å². The number of hydrogen-bond donors (Lipinski definition) is 0. The van der Waals surface area contributed by atoms with Crippen molar-refractivity contribution in [2.75, 3.05) is 18.6 Å². The summed E-state index contributed by atoms with van der Waals surface area (Å²) in [5, 5.41) is 0. The first-order chi connectivity index (χ1) is 7.72. The zero-order chi connectivity index (χ0) is 11.5. The monoisotopic (exact) mass is 283 g/mol. The Hall–Kier alpha value is -1.03. The van der Waals surface area contributed by atoms with Crippen LogP contribution in [-0.2, 0) is 4.79 Å². The molecule has 4 heteroatoms. The predicted octanol–water partition coefficient (Wildman–Crippen LogP) is 2.97. The van der Waals surface area contributed by atoms with Gasteiger partial charge < -0.3 is 9.64 Å². The van der Waals surface area contributed by atoms with Crippen molar-refractivity contribution in [3.8, 4) is 5.75 Å². The maximum absolute atomic E-state index is 11.8. The van der Waals surface area contributed by atoms with Crippen molar-refractivity contribution in [2.24, 2.45) is 0 Å². The molecular formula is C12H14BrNO2. The second-order valence-corrected chi connectivity index (χ2v) is 4.73. The lowest BCUT2D eigenvalue weighted by Gasteiger charge is -2.28. The molecule has 1 aliphatic heterocycles. The second kappa shape index (κ2) is 4.87. The first-order valence-electron chi connectivity index (χ1n) is 5.36. The molecule has 1 amide bonds. The average Bonchev–Trinajstić information content (AvgIpc) is 2.29. The molecule has 0 aromatic heterocycles. The number of anilines is 1. The van der Waals surface area contributed by atoms with E-state index >= 15 is 0 Å². The van der Waals surface area contributed by atoms with Crippen molar-refractivity contribution < 1.29 is 9.53 Å². The molecule has 0 spiro atoms. The molecule has 1 aromatic carbocycles. The van der Waals surface area contributed by atoms with Crippen molar-refractivity contribution in [1.29, 1.82) is 0 Å². The number of hydrogen-bond acceptors (Lipinski definition) is 2. The van der Waals surface area contributed by atoms with Gasteiger partial charge in [-0.05, 0) is 31.0 Å². The van der Waals surface area contributed by atoms with Crippen LogP contribution >= 0.6 is 15.9 Å². The van der Waals surface area contributed by atoms with E-state index in [2.05, 4.69) is 15.9 Å². The van der Waals surface area contributed by atoms with Crippen molar-refractivity contribution in [2.45, 2.75) is 19.3 Å². The number of ether oxygens (including phenoxy) is 1. The molecule has 1 aromatic rings. The third kappa shape index (κ3) is 2.21. The maximum Gasteiger partial charge on any atom is 0.227 e. The molecule has 1 heterocycles. The molecule has 1 saturated heterocycles. The highest BCUT2D eigenvalue weighted by atomic mass is 79.9. The van der Waals surface area contributed by atoms with Crippen LogP contribution in [0.15, 0.2) is 22.7 Å². The van der Waals surface area contributed by atoms with Gasteiger partial charge >= 0.3 is 0 Å². The van der Waals surface area contributed by atoms with Crippen LogP contribution in [0.5, 0.6) is 5.75 Å². The summed E-state index contributed by atoms with van der Waals surface area (Å²) in [5.41, 5.74) is 0.863. The smallest absolute Gasteiger partial charge is 0.227 e. The van der Waals surface area contributed by atoms with Crippen LogP contribution in [0.3, 0.4) is 0 Å². The highest BCUT2D eigenvalue weighted by molar-refractivity contribution is 9.10. The minimum atomic E-state index is 0.183. The highest BCUT2D eigenvalue weighted by Gasteiger charge is 2.22. The summed E-state index contributed by atoms with van der Waals surface area (Å²) in [5.74, 6) is 0.932. The molecule has 0 saturated carbocycles. The van der Waals surface area contributed by atoms with Gasteiger partial charge in [-0.15, -0.1) is 0 Å². The van der Waals surface area contributed by atoms with E-state index in [-0.39, 0.29) is 5.91 Å². The Balaban J connectivity index is 2.36. The lowest BCUT2D eigenvalue weighted by Crippen LogP contribution is -2.35. The number of carbonyl (C=O) groups excluding carboxylic acids is 1. The predicted molar refractivity (Wildman–Crippen MR) is 66.9 cm³/mol. The lowest BCUT2D eigenvalue weighted by molar-refractivity contribution is -0.119. The van der Waals surface area contributed by atoms with E-state index in [9.17, 15) is 4.79 Å². The van der Waals surface area contributed by atoms with Crippen LogP contribution in [0.4, 0.5) is 5.69 Å². The van der Waals surface area contributed by atoms with E-state index in [0.717, 1.165) is 35.3 Å². The summed E-state index contributed by atoms with van der Waals surface area (Å²) < 4.78 is 6.25. The van der Waals surface area contributed by atoms with Crippen LogP contribution in [0.25, 0.3) is 0 Å². The number of piperidine rings is 1. The molecule has 1 aliphatic rings. The number of nitrogens with zero attached hydrogens (tertiary/aromatic N) is 1. The molecule has 0 atom stereocenters. The number of rotatable bonds is 2. The van der Waals surface area contributed by atoms with Crippen LogP contribution in [0.2, 0.25) is 0 Å². The number of amides is 1. The van der Waals surface area contributed by atoms with Gasteiger partial charge in [-0.25, -0.2) is 0 Å². The van der Waals surface area contributed by atoms with E-state index < -0.39 is 0 Å². The second-order valence-electron chi connectivity index (χ2n) is 3.82. The van der Waals surface area contributed by atoms with Gasteiger partial charge in [0.25, 0.3) is 0 Å². The van der Waals surface area contributed by atoms with Gasteiger partial charge in [-0.3, -0.25) is 4.79 Å². The first kappa shape index (κ1) is 11.5. The molecule has 16 heavy (non-hydrogen) atoms. The quantitative estimate of drug-likeness (QED) is 0.835. The summed E-state index contributed by atoms with van der Waals surface area (Å²) in [6, 6.07) is 5.72.